The van der Waals surface area contributed by atoms with Crippen molar-refractivity contribution < 1.29 is 9.53 Å². The van der Waals surface area contributed by atoms with Crippen molar-refractivity contribution in [1.29, 1.82) is 0 Å². The highest BCUT2D eigenvalue weighted by Crippen LogP contribution is 2.25. The Bertz CT molecular complexity index is 931. The van der Waals surface area contributed by atoms with Crippen LogP contribution in [0.25, 0.3) is 11.4 Å². The minimum atomic E-state index is -0.0767. The van der Waals surface area contributed by atoms with Crippen LogP contribution in [0.5, 0.6) is 5.75 Å². The van der Waals surface area contributed by atoms with E-state index < -0.39 is 0 Å². The van der Waals surface area contributed by atoms with Gasteiger partial charge in [-0.1, -0.05) is 24.3 Å². The number of aromatic nitrogens is 3. The number of hydrogen-bond donors (Lipinski definition) is 2. The van der Waals surface area contributed by atoms with Crippen LogP contribution in [0.4, 0.5) is 0 Å². The van der Waals surface area contributed by atoms with E-state index in [-0.39, 0.29) is 5.91 Å². The number of nitrogens with zero attached hydrogens (tertiary/aromatic N) is 2. The van der Waals surface area contributed by atoms with E-state index in [1.807, 2.05) is 25.1 Å². The van der Waals surface area contributed by atoms with Gasteiger partial charge in [0.25, 0.3) is 5.91 Å². The fraction of sp³-hybridized carbons (Fsp3) is 0.250. The van der Waals surface area contributed by atoms with Crippen molar-refractivity contribution in [3.05, 3.63) is 65.0 Å². The first-order valence-corrected chi connectivity index (χ1v) is 8.71. The summed E-state index contributed by atoms with van der Waals surface area (Å²) in [6, 6.07) is 13.6. The lowest BCUT2D eigenvalue weighted by Crippen LogP contribution is -2.25. The van der Waals surface area contributed by atoms with Gasteiger partial charge in [0.15, 0.2) is 5.82 Å². The highest BCUT2D eigenvalue weighted by Gasteiger charge is 2.12. The molecule has 2 N–H and O–H groups in total. The number of amides is 1. The molecule has 4 rings (SSSR count). The van der Waals surface area contributed by atoms with Crippen LogP contribution >= 0.6 is 0 Å². The molecule has 0 radical (unpaired) electrons. The molecule has 0 aliphatic carbocycles. The standard InChI is InChI=1S/C20H20N4O2/c1-13-22-19(24-23-13)15-3-5-16(6-4-15)20(25)21-10-8-14-2-7-18-17(12-14)9-11-26-18/h2-7,12H,8-11H2,1H3,(H,21,25)(H,22,23,24). The summed E-state index contributed by atoms with van der Waals surface area (Å²) in [5.74, 6) is 2.31. The minimum Gasteiger partial charge on any atom is -0.493 e. The number of benzene rings is 2. The second-order valence-corrected chi connectivity index (χ2v) is 6.37. The monoisotopic (exact) mass is 348 g/mol. The maximum absolute atomic E-state index is 12.3. The summed E-state index contributed by atoms with van der Waals surface area (Å²) in [6.45, 7) is 3.21. The average Bonchev–Trinajstić information content (AvgIpc) is 3.30. The van der Waals surface area contributed by atoms with Gasteiger partial charge in [0.2, 0.25) is 0 Å². The number of rotatable bonds is 5. The zero-order valence-corrected chi connectivity index (χ0v) is 14.6. The van der Waals surface area contributed by atoms with E-state index in [9.17, 15) is 4.79 Å². The molecule has 0 fully saturated rings. The molecule has 6 heteroatoms. The molecule has 0 spiro atoms. The molecule has 0 bridgehead atoms. The summed E-state index contributed by atoms with van der Waals surface area (Å²) >= 11 is 0. The van der Waals surface area contributed by atoms with Crippen LogP contribution < -0.4 is 10.1 Å². The van der Waals surface area contributed by atoms with Crippen molar-refractivity contribution in [2.75, 3.05) is 13.2 Å². The number of carbonyl (C=O) groups is 1. The van der Waals surface area contributed by atoms with Gasteiger partial charge in [-0.15, -0.1) is 0 Å². The Balaban J connectivity index is 1.33. The van der Waals surface area contributed by atoms with Gasteiger partial charge in [0.1, 0.15) is 11.6 Å². The van der Waals surface area contributed by atoms with Gasteiger partial charge in [0, 0.05) is 24.1 Å². The number of fused-ring (bicyclic) bond motifs is 1. The maximum atomic E-state index is 12.3. The second-order valence-electron chi connectivity index (χ2n) is 6.37. The Kier molecular flexibility index (Phi) is 4.39. The summed E-state index contributed by atoms with van der Waals surface area (Å²) in [7, 11) is 0. The fourth-order valence-electron chi connectivity index (χ4n) is 3.06. The molecule has 3 aromatic rings. The Hall–Kier alpha value is -3.15. The van der Waals surface area contributed by atoms with E-state index in [0.717, 1.165) is 36.6 Å². The summed E-state index contributed by atoms with van der Waals surface area (Å²) < 4.78 is 5.52. The molecule has 26 heavy (non-hydrogen) atoms. The van der Waals surface area contributed by atoms with Crippen LogP contribution in [0.3, 0.4) is 0 Å². The van der Waals surface area contributed by atoms with E-state index in [1.165, 1.54) is 11.1 Å². The number of nitrogens with one attached hydrogen (secondary N) is 2. The smallest absolute Gasteiger partial charge is 0.251 e. The molecule has 6 nitrogen and oxygen atoms in total. The molecular weight excluding hydrogens is 328 g/mol. The van der Waals surface area contributed by atoms with Gasteiger partial charge in [-0.3, -0.25) is 9.89 Å². The summed E-state index contributed by atoms with van der Waals surface area (Å²) in [5.41, 5.74) is 3.98. The first-order valence-electron chi connectivity index (χ1n) is 8.71. The van der Waals surface area contributed by atoms with Crippen molar-refractivity contribution >= 4 is 5.91 Å². The number of ether oxygens (including phenoxy) is 1. The Morgan fingerprint density at radius 3 is 2.85 bits per heavy atom. The van der Waals surface area contributed by atoms with E-state index in [2.05, 4.69) is 32.6 Å². The largest absolute Gasteiger partial charge is 0.493 e. The number of hydrogen-bond acceptors (Lipinski definition) is 4. The molecule has 1 aliphatic heterocycles. The molecule has 0 atom stereocenters. The van der Waals surface area contributed by atoms with Gasteiger partial charge in [-0.25, -0.2) is 4.98 Å². The third kappa shape index (κ3) is 3.44. The molecular formula is C20H20N4O2. The molecule has 0 saturated carbocycles. The number of H-pyrrole nitrogens is 1. The first-order chi connectivity index (χ1) is 12.7. The van der Waals surface area contributed by atoms with E-state index in [4.69, 9.17) is 4.74 Å². The van der Waals surface area contributed by atoms with E-state index in [0.29, 0.717) is 17.9 Å². The lowest BCUT2D eigenvalue weighted by atomic mass is 10.1. The highest BCUT2D eigenvalue weighted by molar-refractivity contribution is 5.94. The van der Waals surface area contributed by atoms with Gasteiger partial charge in [0.05, 0.1) is 6.61 Å². The van der Waals surface area contributed by atoms with Gasteiger partial charge >= 0.3 is 0 Å². The van der Waals surface area contributed by atoms with Crippen LogP contribution in [0.1, 0.15) is 27.3 Å². The van der Waals surface area contributed by atoms with Crippen molar-refractivity contribution in [1.82, 2.24) is 20.5 Å². The normalized spacial score (nSPS) is 12.5. The summed E-state index contributed by atoms with van der Waals surface area (Å²) in [6.07, 6.45) is 1.76. The number of aryl methyl sites for hydroxylation is 1. The lowest BCUT2D eigenvalue weighted by Gasteiger charge is -2.07. The molecule has 2 heterocycles. The second kappa shape index (κ2) is 7.00. The number of carbonyl (C=O) groups excluding carboxylic acids is 1. The zero-order chi connectivity index (χ0) is 17.9. The summed E-state index contributed by atoms with van der Waals surface area (Å²) in [4.78, 5) is 16.6. The number of aromatic amines is 1. The topological polar surface area (TPSA) is 79.9 Å². The summed E-state index contributed by atoms with van der Waals surface area (Å²) in [5, 5.41) is 9.91. The van der Waals surface area contributed by atoms with Crippen molar-refractivity contribution in [3.63, 3.8) is 0 Å². The van der Waals surface area contributed by atoms with Crippen molar-refractivity contribution in [3.8, 4) is 17.1 Å². The van der Waals surface area contributed by atoms with Crippen LogP contribution in [0.15, 0.2) is 42.5 Å². The van der Waals surface area contributed by atoms with Crippen molar-refractivity contribution in [2.45, 2.75) is 19.8 Å². The lowest BCUT2D eigenvalue weighted by molar-refractivity contribution is 0.0954. The van der Waals surface area contributed by atoms with Crippen LogP contribution in [0, 0.1) is 6.92 Å². The first kappa shape index (κ1) is 16.3. The quantitative estimate of drug-likeness (QED) is 0.743. The molecule has 1 aromatic heterocycles. The zero-order valence-electron chi connectivity index (χ0n) is 14.6. The molecule has 132 valence electrons. The van der Waals surface area contributed by atoms with Gasteiger partial charge in [-0.2, -0.15) is 5.10 Å². The Morgan fingerprint density at radius 1 is 1.23 bits per heavy atom. The van der Waals surface area contributed by atoms with Gasteiger partial charge < -0.3 is 10.1 Å². The minimum absolute atomic E-state index is 0.0767. The molecule has 1 amide bonds. The molecule has 1 aliphatic rings. The predicted molar refractivity (Wildman–Crippen MR) is 98.2 cm³/mol. The van der Waals surface area contributed by atoms with Gasteiger partial charge in [-0.05, 0) is 42.7 Å². The van der Waals surface area contributed by atoms with Crippen LogP contribution in [0.2, 0.25) is 0 Å². The third-order valence-corrected chi connectivity index (χ3v) is 4.46. The Labute approximate surface area is 151 Å². The highest BCUT2D eigenvalue weighted by atomic mass is 16.5. The maximum Gasteiger partial charge on any atom is 0.251 e. The van der Waals surface area contributed by atoms with E-state index in [1.54, 1.807) is 12.1 Å². The third-order valence-electron chi connectivity index (χ3n) is 4.46. The van der Waals surface area contributed by atoms with Crippen molar-refractivity contribution in [2.24, 2.45) is 0 Å². The van der Waals surface area contributed by atoms with Crippen LogP contribution in [-0.4, -0.2) is 34.2 Å². The molecule has 0 saturated heterocycles. The van der Waals surface area contributed by atoms with E-state index >= 15 is 0 Å². The molecule has 0 unspecified atom stereocenters. The Morgan fingerprint density at radius 2 is 2.08 bits per heavy atom. The SMILES string of the molecule is Cc1nc(-c2ccc(C(=O)NCCc3ccc4c(c3)CCO4)cc2)n[nH]1. The average molecular weight is 348 g/mol. The fourth-order valence-corrected chi connectivity index (χ4v) is 3.06. The van der Waals surface area contributed by atoms with Crippen LogP contribution in [-0.2, 0) is 12.8 Å². The predicted octanol–water partition coefficient (Wildman–Crippen LogP) is 2.69. The molecule has 2 aromatic carbocycles.